The van der Waals surface area contributed by atoms with Crippen LogP contribution in [0.2, 0.25) is 0 Å². The number of Topliss-reactive ketones (excluding diaryl/α,β-unsaturated/α-hetero) is 1. The van der Waals surface area contributed by atoms with Gasteiger partial charge in [-0.3, -0.25) is 4.79 Å². The first kappa shape index (κ1) is 35.8. The number of urea groups is 1. The van der Waals surface area contributed by atoms with Crippen LogP contribution < -0.4 is 5.32 Å². The zero-order chi connectivity index (χ0) is 31.8. The number of hydrogen-bond donors (Lipinski definition) is 6. The summed E-state index contributed by atoms with van der Waals surface area (Å²) in [7, 11) is 0. The van der Waals surface area contributed by atoms with Crippen molar-refractivity contribution in [3.05, 3.63) is 4.91 Å². The van der Waals surface area contributed by atoms with Gasteiger partial charge in [-0.25, -0.2) is 4.79 Å². The van der Waals surface area contributed by atoms with Gasteiger partial charge < -0.3 is 35.6 Å². The van der Waals surface area contributed by atoms with Crippen LogP contribution in [0.25, 0.3) is 0 Å². The molecule has 0 aromatic heterocycles. The van der Waals surface area contributed by atoms with Crippen LogP contribution in [0, 0.1) is 4.91 Å². The number of ether oxygens (including phenoxy) is 1. The number of alkyl halides is 1. The van der Waals surface area contributed by atoms with E-state index < -0.39 is 54.1 Å². The molecule has 1 heterocycles. The smallest absolute Gasteiger partial charge is 0.342 e. The van der Waals surface area contributed by atoms with Gasteiger partial charge >= 0.3 is 6.03 Å². The highest BCUT2D eigenvalue weighted by Gasteiger charge is 2.64. The molecule has 13 heteroatoms. The Morgan fingerprint density at radius 2 is 1.44 bits per heavy atom. The predicted molar refractivity (Wildman–Crippen MR) is 155 cm³/mol. The summed E-state index contributed by atoms with van der Waals surface area (Å²) in [5.74, 6) is -4.03. The van der Waals surface area contributed by atoms with E-state index in [-0.39, 0.29) is 23.9 Å². The van der Waals surface area contributed by atoms with E-state index in [4.69, 9.17) is 17.7 Å². The molecule has 7 atom stereocenters. The lowest BCUT2D eigenvalue weighted by Gasteiger charge is -2.52. The van der Waals surface area contributed by atoms with Gasteiger partial charge in [0.2, 0.25) is 11.5 Å². The summed E-state index contributed by atoms with van der Waals surface area (Å²) in [6.07, 6.45) is 6.51. The molecule has 1 saturated heterocycles. The van der Waals surface area contributed by atoms with Gasteiger partial charge in [0, 0.05) is 13.6 Å². The Morgan fingerprint density at radius 3 is 1.88 bits per heavy atom. The molecule has 0 saturated carbocycles. The maximum absolute atomic E-state index is 12.7. The third-order valence-electron chi connectivity index (χ3n) is 7.59. The number of hydrogen-bond acceptors (Lipinski definition) is 10. The zero-order valence-electron chi connectivity index (χ0n) is 25.5. The standard InChI is InChI=1S/C28H52ClN3O9/c1-3-4-5-6-7-8-9-10-11-12-13-14-15-16-17-18-21(33)22(34)24-23(35)25(36)28(39,27(2,38)41-24)30-26(37)32(31-40)20-19-29/h22-25,34-36,38-39H,3-20H2,1-2H3,(H,30,37)/t22?,23-,24-,25+,27?,28-/m1/s1/i18D/t18?,22?,23-,24-,25+,27?,28-. The van der Waals surface area contributed by atoms with Gasteiger partial charge in [0.15, 0.2) is 5.78 Å². The number of ketones is 1. The number of aliphatic hydroxyl groups is 5. The number of halogens is 1. The molecule has 0 aromatic rings. The highest BCUT2D eigenvalue weighted by Crippen LogP contribution is 2.36. The number of rotatable bonds is 22. The Morgan fingerprint density at radius 1 is 0.976 bits per heavy atom. The van der Waals surface area contributed by atoms with Gasteiger partial charge in [-0.05, 0) is 13.3 Å². The minimum absolute atomic E-state index is 0.171. The first-order valence-corrected chi connectivity index (χ1v) is 15.5. The molecule has 2 amide bonds. The van der Waals surface area contributed by atoms with E-state index in [0.717, 1.165) is 32.6 Å². The summed E-state index contributed by atoms with van der Waals surface area (Å²) in [6, 6.07) is -1.36. The van der Waals surface area contributed by atoms with Crippen LogP contribution in [0.4, 0.5) is 4.79 Å². The second-order valence-corrected chi connectivity index (χ2v) is 11.4. The monoisotopic (exact) mass is 610 g/mol. The van der Waals surface area contributed by atoms with Crippen molar-refractivity contribution < 1.29 is 41.2 Å². The molecule has 0 bridgehead atoms. The van der Waals surface area contributed by atoms with Crippen molar-refractivity contribution in [3.8, 4) is 0 Å². The molecular weight excluding hydrogens is 558 g/mol. The topological polar surface area (TPSA) is 189 Å². The molecule has 0 aromatic carbocycles. The van der Waals surface area contributed by atoms with Crippen LogP contribution in [-0.2, 0) is 9.53 Å². The number of nitrogens with one attached hydrogen (secondary N) is 1. The second-order valence-electron chi connectivity index (χ2n) is 11.0. The third-order valence-corrected chi connectivity index (χ3v) is 7.76. The summed E-state index contributed by atoms with van der Waals surface area (Å²) < 4.78 is 13.3. The predicted octanol–water partition coefficient (Wildman–Crippen LogP) is 3.63. The molecule has 12 nitrogen and oxygen atoms in total. The Kier molecular flexibility index (Phi) is 17.2. The Bertz CT molecular complexity index is 813. The maximum atomic E-state index is 12.7. The normalized spacial score (nSPS) is 28.0. The average Bonchev–Trinajstić information content (AvgIpc) is 2.96. The molecule has 41 heavy (non-hydrogen) atoms. The summed E-state index contributed by atoms with van der Waals surface area (Å²) in [5, 5.41) is 57.7. The van der Waals surface area contributed by atoms with Crippen molar-refractivity contribution in [1.29, 1.82) is 0 Å². The molecule has 240 valence electrons. The fraction of sp³-hybridized carbons (Fsp3) is 0.929. The number of amides is 2. The number of carbonyl (C=O) groups excluding carboxylic acids is 2. The fourth-order valence-electron chi connectivity index (χ4n) is 4.92. The van der Waals surface area contributed by atoms with Gasteiger partial charge in [0.1, 0.15) is 24.4 Å². The van der Waals surface area contributed by atoms with Crippen molar-refractivity contribution in [3.63, 3.8) is 0 Å². The number of aliphatic hydroxyl groups excluding tert-OH is 3. The highest BCUT2D eigenvalue weighted by molar-refractivity contribution is 6.18. The number of nitroso groups, excluding NO2 is 1. The molecular formula is C28H52ClN3O9. The van der Waals surface area contributed by atoms with Gasteiger partial charge in [0.05, 0.1) is 11.8 Å². The van der Waals surface area contributed by atoms with Crippen molar-refractivity contribution in [1.82, 2.24) is 10.3 Å². The molecule has 0 spiro atoms. The molecule has 1 aliphatic rings. The second kappa shape index (κ2) is 19.7. The summed E-state index contributed by atoms with van der Waals surface area (Å²) in [4.78, 5) is 35.9. The summed E-state index contributed by atoms with van der Waals surface area (Å²) in [5.41, 5.74) is -3.08. The van der Waals surface area contributed by atoms with E-state index in [0.29, 0.717) is 6.42 Å². The van der Waals surface area contributed by atoms with Crippen LogP contribution in [-0.4, -0.2) is 90.7 Å². The first-order valence-electron chi connectivity index (χ1n) is 15.6. The molecule has 3 unspecified atom stereocenters. The van der Waals surface area contributed by atoms with E-state index in [1.54, 1.807) is 5.32 Å². The minimum atomic E-state index is -3.08. The molecule has 1 aliphatic heterocycles. The Balaban J connectivity index is 2.46. The lowest BCUT2D eigenvalue weighted by atomic mass is 9.84. The SMILES string of the molecule is [2H]C(CCCCCCCCCCCCCCCC)C(=O)C(O)[C@H]1OC(C)(O)[C@@](O)(NC(=O)N(CCCl)N=O)[C@@H](O)[C@@H]1O. The largest absolute Gasteiger partial charge is 0.387 e. The van der Waals surface area contributed by atoms with Crippen LogP contribution >= 0.6 is 11.6 Å². The highest BCUT2D eigenvalue weighted by atomic mass is 35.5. The zero-order valence-corrected chi connectivity index (χ0v) is 25.3. The number of carbonyl (C=O) groups is 2. The van der Waals surface area contributed by atoms with E-state index in [1.807, 2.05) is 0 Å². The van der Waals surface area contributed by atoms with Crippen molar-refractivity contribution in [2.24, 2.45) is 5.29 Å². The lowest BCUT2D eigenvalue weighted by Crippen LogP contribution is -2.79. The van der Waals surface area contributed by atoms with Crippen LogP contribution in [0.3, 0.4) is 0 Å². The summed E-state index contributed by atoms with van der Waals surface area (Å²) in [6.45, 7) is 2.67. The minimum Gasteiger partial charge on any atom is -0.387 e. The van der Waals surface area contributed by atoms with Crippen LogP contribution in [0.1, 0.15) is 118 Å². The Hall–Kier alpha value is -1.41. The van der Waals surface area contributed by atoms with E-state index in [2.05, 4.69) is 12.2 Å². The molecule has 1 fully saturated rings. The van der Waals surface area contributed by atoms with Crippen molar-refractivity contribution in [2.45, 2.75) is 152 Å². The van der Waals surface area contributed by atoms with Gasteiger partial charge in [-0.1, -0.05) is 96.8 Å². The molecule has 1 rings (SSSR count). The van der Waals surface area contributed by atoms with E-state index >= 15 is 0 Å². The number of nitrogens with zero attached hydrogens (tertiary/aromatic N) is 2. The lowest BCUT2D eigenvalue weighted by molar-refractivity contribution is -0.390. The first-order chi connectivity index (χ1) is 19.9. The van der Waals surface area contributed by atoms with Crippen molar-refractivity contribution in [2.75, 3.05) is 12.4 Å². The summed E-state index contributed by atoms with van der Waals surface area (Å²) >= 11 is 5.49. The number of unbranched alkanes of at least 4 members (excludes halogenated alkanes) is 13. The van der Waals surface area contributed by atoms with Gasteiger partial charge in [0.25, 0.3) is 0 Å². The fourth-order valence-corrected chi connectivity index (χ4v) is 5.08. The molecule has 0 aliphatic carbocycles. The van der Waals surface area contributed by atoms with Gasteiger partial charge in [-0.2, -0.15) is 5.01 Å². The molecule has 6 N–H and O–H groups in total. The molecule has 0 radical (unpaired) electrons. The maximum Gasteiger partial charge on any atom is 0.342 e. The van der Waals surface area contributed by atoms with Crippen molar-refractivity contribution >= 4 is 23.4 Å². The quantitative estimate of drug-likeness (QED) is 0.0349. The van der Waals surface area contributed by atoms with Crippen LogP contribution in [0.15, 0.2) is 5.29 Å². The van der Waals surface area contributed by atoms with E-state index in [1.165, 1.54) is 57.8 Å². The average molecular weight is 611 g/mol. The van der Waals surface area contributed by atoms with Gasteiger partial charge in [-0.15, -0.1) is 16.5 Å². The van der Waals surface area contributed by atoms with E-state index in [9.17, 15) is 40.0 Å². The third kappa shape index (κ3) is 12.0. The van der Waals surface area contributed by atoms with Crippen LogP contribution in [0.5, 0.6) is 0 Å². The Labute approximate surface area is 250 Å².